The molecule has 0 saturated heterocycles. The molecule has 15 heavy (non-hydrogen) atoms. The third-order valence-corrected chi connectivity index (χ3v) is 1.98. The second kappa shape index (κ2) is 6.25. The molecule has 0 aromatic heterocycles. The van der Waals surface area contributed by atoms with E-state index in [-0.39, 0.29) is 5.97 Å². The van der Waals surface area contributed by atoms with Crippen molar-refractivity contribution in [3.63, 3.8) is 0 Å². The van der Waals surface area contributed by atoms with E-state index in [1.165, 1.54) is 0 Å². The molecule has 0 aliphatic rings. The monoisotopic (exact) mass is 224 g/mol. The molecule has 0 heterocycles. The first-order chi connectivity index (χ1) is 7.22. The number of carbonyl (C=O) groups excluding carboxylic acids is 1. The molecule has 0 saturated carbocycles. The molecule has 1 rings (SSSR count). The Morgan fingerprint density at radius 3 is 2.60 bits per heavy atom. The Morgan fingerprint density at radius 2 is 2.00 bits per heavy atom. The SMILES string of the molecule is CC/C=C/CC(=O)Oc1ccc(Cl)cc1. The molecule has 0 aliphatic heterocycles. The van der Waals surface area contributed by atoms with E-state index in [0.717, 1.165) is 6.42 Å². The van der Waals surface area contributed by atoms with Gasteiger partial charge in [-0.3, -0.25) is 4.79 Å². The molecule has 1 aromatic rings. The van der Waals surface area contributed by atoms with Crippen LogP contribution in [0.3, 0.4) is 0 Å². The van der Waals surface area contributed by atoms with Gasteiger partial charge in [-0.05, 0) is 30.7 Å². The maximum atomic E-state index is 11.3. The van der Waals surface area contributed by atoms with Crippen LogP contribution in [-0.2, 0) is 4.79 Å². The molecule has 0 amide bonds. The van der Waals surface area contributed by atoms with E-state index in [4.69, 9.17) is 16.3 Å². The first-order valence-corrected chi connectivity index (χ1v) is 5.21. The fraction of sp³-hybridized carbons (Fsp3) is 0.250. The standard InChI is InChI=1S/C12H13ClO2/c1-2-3-4-5-12(14)15-11-8-6-10(13)7-9-11/h3-4,6-9H,2,5H2,1H3/b4-3+. The third-order valence-electron chi connectivity index (χ3n) is 1.73. The van der Waals surface area contributed by atoms with Crippen LogP contribution in [-0.4, -0.2) is 5.97 Å². The van der Waals surface area contributed by atoms with E-state index >= 15 is 0 Å². The number of ether oxygens (including phenoxy) is 1. The summed E-state index contributed by atoms with van der Waals surface area (Å²) in [4.78, 5) is 11.3. The minimum atomic E-state index is -0.262. The highest BCUT2D eigenvalue weighted by Gasteiger charge is 2.01. The second-order valence-electron chi connectivity index (χ2n) is 3.01. The summed E-state index contributed by atoms with van der Waals surface area (Å²) in [7, 11) is 0. The molecule has 0 fully saturated rings. The summed E-state index contributed by atoms with van der Waals surface area (Å²) in [5.74, 6) is 0.260. The van der Waals surface area contributed by atoms with E-state index in [1.807, 2.05) is 13.0 Å². The predicted octanol–water partition coefficient (Wildman–Crippen LogP) is 3.60. The van der Waals surface area contributed by atoms with E-state index in [0.29, 0.717) is 17.2 Å². The lowest BCUT2D eigenvalue weighted by molar-refractivity contribution is -0.133. The number of rotatable bonds is 4. The summed E-state index contributed by atoms with van der Waals surface area (Å²) in [6, 6.07) is 6.71. The highest BCUT2D eigenvalue weighted by molar-refractivity contribution is 6.30. The molecule has 1 aromatic carbocycles. The zero-order valence-corrected chi connectivity index (χ0v) is 9.33. The van der Waals surface area contributed by atoms with Gasteiger partial charge in [-0.2, -0.15) is 0 Å². The number of halogens is 1. The van der Waals surface area contributed by atoms with Gasteiger partial charge < -0.3 is 4.74 Å². The average Bonchev–Trinajstić information content (AvgIpc) is 2.22. The molecule has 80 valence electrons. The Kier molecular flexibility index (Phi) is 4.91. The number of hydrogen-bond acceptors (Lipinski definition) is 2. The maximum Gasteiger partial charge on any atom is 0.315 e. The molecular weight excluding hydrogens is 212 g/mol. The van der Waals surface area contributed by atoms with Crippen LogP contribution in [0.1, 0.15) is 19.8 Å². The minimum absolute atomic E-state index is 0.262. The molecule has 0 N–H and O–H groups in total. The molecular formula is C12H13ClO2. The van der Waals surface area contributed by atoms with Crippen LogP contribution in [0, 0.1) is 0 Å². The Balaban J connectivity index is 2.44. The van der Waals surface area contributed by atoms with Crippen LogP contribution in [0.5, 0.6) is 5.75 Å². The molecule has 0 aliphatic carbocycles. The van der Waals surface area contributed by atoms with Gasteiger partial charge in [0.1, 0.15) is 5.75 Å². The predicted molar refractivity (Wildman–Crippen MR) is 61.1 cm³/mol. The molecule has 2 nitrogen and oxygen atoms in total. The largest absolute Gasteiger partial charge is 0.426 e. The Bertz CT molecular complexity index is 341. The van der Waals surface area contributed by atoms with Crippen LogP contribution >= 0.6 is 11.6 Å². The van der Waals surface area contributed by atoms with Gasteiger partial charge in [0, 0.05) is 5.02 Å². The van der Waals surface area contributed by atoms with Crippen molar-refractivity contribution < 1.29 is 9.53 Å². The van der Waals surface area contributed by atoms with Crippen molar-refractivity contribution in [1.82, 2.24) is 0 Å². The second-order valence-corrected chi connectivity index (χ2v) is 3.45. The van der Waals surface area contributed by atoms with Gasteiger partial charge in [-0.1, -0.05) is 30.7 Å². The minimum Gasteiger partial charge on any atom is -0.426 e. The first kappa shape index (κ1) is 11.8. The van der Waals surface area contributed by atoms with Crippen molar-refractivity contribution in [2.45, 2.75) is 19.8 Å². The van der Waals surface area contributed by atoms with E-state index < -0.39 is 0 Å². The Morgan fingerprint density at radius 1 is 1.33 bits per heavy atom. The van der Waals surface area contributed by atoms with Crippen molar-refractivity contribution >= 4 is 17.6 Å². The lowest BCUT2D eigenvalue weighted by Gasteiger charge is -2.01. The van der Waals surface area contributed by atoms with E-state index in [9.17, 15) is 4.79 Å². The molecule has 0 spiro atoms. The summed E-state index contributed by atoms with van der Waals surface area (Å²) < 4.78 is 5.07. The van der Waals surface area contributed by atoms with Crippen LogP contribution in [0.2, 0.25) is 5.02 Å². The first-order valence-electron chi connectivity index (χ1n) is 4.83. The molecule has 0 atom stereocenters. The van der Waals surface area contributed by atoms with Crippen molar-refractivity contribution in [2.24, 2.45) is 0 Å². The number of allylic oxidation sites excluding steroid dienone is 1. The average molecular weight is 225 g/mol. The quantitative estimate of drug-likeness (QED) is 0.444. The summed E-state index contributed by atoms with van der Waals surface area (Å²) in [5, 5.41) is 0.626. The third kappa shape index (κ3) is 4.66. The Labute approximate surface area is 94.5 Å². The molecule has 0 bridgehead atoms. The zero-order valence-electron chi connectivity index (χ0n) is 8.57. The van der Waals surface area contributed by atoms with Crippen molar-refractivity contribution in [1.29, 1.82) is 0 Å². The van der Waals surface area contributed by atoms with Gasteiger partial charge in [-0.15, -0.1) is 0 Å². The number of carbonyl (C=O) groups is 1. The van der Waals surface area contributed by atoms with Crippen molar-refractivity contribution in [3.8, 4) is 5.75 Å². The summed E-state index contributed by atoms with van der Waals surface area (Å²) in [5.41, 5.74) is 0. The van der Waals surface area contributed by atoms with Gasteiger partial charge >= 0.3 is 5.97 Å². The van der Waals surface area contributed by atoms with Gasteiger partial charge in [0.15, 0.2) is 0 Å². The fourth-order valence-electron chi connectivity index (χ4n) is 1.02. The fourth-order valence-corrected chi connectivity index (χ4v) is 1.15. The zero-order chi connectivity index (χ0) is 11.1. The topological polar surface area (TPSA) is 26.3 Å². The lowest BCUT2D eigenvalue weighted by atomic mass is 10.3. The van der Waals surface area contributed by atoms with E-state index in [1.54, 1.807) is 30.3 Å². The summed E-state index contributed by atoms with van der Waals surface area (Å²) in [6.07, 6.45) is 4.96. The number of benzene rings is 1. The molecule has 0 radical (unpaired) electrons. The van der Waals surface area contributed by atoms with Crippen molar-refractivity contribution in [2.75, 3.05) is 0 Å². The van der Waals surface area contributed by atoms with Crippen molar-refractivity contribution in [3.05, 3.63) is 41.4 Å². The highest BCUT2D eigenvalue weighted by Crippen LogP contribution is 2.15. The van der Waals surface area contributed by atoms with Crippen LogP contribution in [0.4, 0.5) is 0 Å². The lowest BCUT2D eigenvalue weighted by Crippen LogP contribution is -2.05. The van der Waals surface area contributed by atoms with Crippen LogP contribution < -0.4 is 4.74 Å². The smallest absolute Gasteiger partial charge is 0.315 e. The summed E-state index contributed by atoms with van der Waals surface area (Å²) >= 11 is 5.70. The summed E-state index contributed by atoms with van der Waals surface area (Å²) in [6.45, 7) is 2.01. The van der Waals surface area contributed by atoms with Gasteiger partial charge in [-0.25, -0.2) is 0 Å². The van der Waals surface area contributed by atoms with Crippen LogP contribution in [0.15, 0.2) is 36.4 Å². The highest BCUT2D eigenvalue weighted by atomic mass is 35.5. The molecule has 0 unspecified atom stereocenters. The van der Waals surface area contributed by atoms with Gasteiger partial charge in [0.25, 0.3) is 0 Å². The van der Waals surface area contributed by atoms with Crippen LogP contribution in [0.25, 0.3) is 0 Å². The van der Waals surface area contributed by atoms with E-state index in [2.05, 4.69) is 0 Å². The number of hydrogen-bond donors (Lipinski definition) is 0. The molecule has 3 heteroatoms. The van der Waals surface area contributed by atoms with Gasteiger partial charge in [0.2, 0.25) is 0 Å². The van der Waals surface area contributed by atoms with Gasteiger partial charge in [0.05, 0.1) is 6.42 Å². The number of esters is 1. The normalized spacial score (nSPS) is 10.5. The Hall–Kier alpha value is -1.28. The maximum absolute atomic E-state index is 11.3.